The largest absolute Gasteiger partial charge is 0.506 e. The Hall–Kier alpha value is -2.30. The Bertz CT molecular complexity index is 627. The van der Waals surface area contributed by atoms with Crippen molar-refractivity contribution in [1.82, 2.24) is 4.98 Å². The molecule has 0 saturated carbocycles. The van der Waals surface area contributed by atoms with Crippen LogP contribution in [0.25, 0.3) is 10.9 Å². The van der Waals surface area contributed by atoms with Crippen molar-refractivity contribution in [2.75, 3.05) is 13.2 Å². The summed E-state index contributed by atoms with van der Waals surface area (Å²) < 4.78 is 10.6. The lowest BCUT2D eigenvalue weighted by molar-refractivity contribution is -0.143. The molecule has 2 rings (SSSR count). The number of aromatic hydroxyl groups is 1. The number of fused-ring (bicyclic) bond motifs is 1. The van der Waals surface area contributed by atoms with Gasteiger partial charge in [-0.3, -0.25) is 9.78 Å². The lowest BCUT2D eigenvalue weighted by atomic mass is 10.2. The van der Waals surface area contributed by atoms with Crippen LogP contribution < -0.4 is 4.74 Å². The fraction of sp³-hybridized carbons (Fsp3) is 0.412. The van der Waals surface area contributed by atoms with Crippen LogP contribution in [0.2, 0.25) is 0 Å². The van der Waals surface area contributed by atoms with Gasteiger partial charge in [-0.15, -0.1) is 0 Å². The Morgan fingerprint density at radius 1 is 1.23 bits per heavy atom. The highest BCUT2D eigenvalue weighted by atomic mass is 16.5. The molecule has 5 heteroatoms. The maximum atomic E-state index is 11.2. The van der Waals surface area contributed by atoms with E-state index in [1.165, 1.54) is 0 Å². The monoisotopic (exact) mass is 303 g/mol. The topological polar surface area (TPSA) is 68.7 Å². The lowest BCUT2D eigenvalue weighted by Crippen LogP contribution is -2.04. The molecule has 2 aromatic rings. The van der Waals surface area contributed by atoms with Crippen molar-refractivity contribution in [2.45, 2.75) is 32.6 Å². The fourth-order valence-corrected chi connectivity index (χ4v) is 2.22. The van der Waals surface area contributed by atoms with Crippen molar-refractivity contribution in [3.8, 4) is 11.5 Å². The van der Waals surface area contributed by atoms with Gasteiger partial charge in [0, 0.05) is 18.0 Å². The van der Waals surface area contributed by atoms with Crippen molar-refractivity contribution >= 4 is 16.9 Å². The van der Waals surface area contributed by atoms with Gasteiger partial charge in [0.25, 0.3) is 0 Å². The Balaban J connectivity index is 1.78. The summed E-state index contributed by atoms with van der Waals surface area (Å²) in [6, 6.07) is 7.04. The number of esters is 1. The number of carbonyl (C=O) groups excluding carboxylic acids is 1. The van der Waals surface area contributed by atoms with Crippen LogP contribution in [0.1, 0.15) is 32.6 Å². The second-order valence-electron chi connectivity index (χ2n) is 4.95. The first-order valence-electron chi connectivity index (χ1n) is 7.57. The molecule has 0 spiro atoms. The number of carbonyl (C=O) groups is 1. The predicted octanol–water partition coefficient (Wildman–Crippen LogP) is 3.44. The van der Waals surface area contributed by atoms with Gasteiger partial charge in [-0.2, -0.15) is 0 Å². The SMILES string of the molecule is CCOC(=O)CCCCCOc1ccnc2c(O)cccc12. The molecule has 1 aromatic heterocycles. The molecule has 1 N–H and O–H groups in total. The normalized spacial score (nSPS) is 10.6. The van der Waals surface area contributed by atoms with Gasteiger partial charge in [-0.1, -0.05) is 6.07 Å². The molecule has 0 unspecified atom stereocenters. The van der Waals surface area contributed by atoms with Crippen LogP contribution >= 0.6 is 0 Å². The number of phenolic OH excluding ortho intramolecular Hbond substituents is 1. The highest BCUT2D eigenvalue weighted by Gasteiger charge is 2.06. The first kappa shape index (κ1) is 16.1. The van der Waals surface area contributed by atoms with Gasteiger partial charge in [0.05, 0.1) is 13.2 Å². The van der Waals surface area contributed by atoms with Crippen LogP contribution in [0.15, 0.2) is 30.5 Å². The van der Waals surface area contributed by atoms with Crippen molar-refractivity contribution in [2.24, 2.45) is 0 Å². The molecule has 22 heavy (non-hydrogen) atoms. The van der Waals surface area contributed by atoms with E-state index in [2.05, 4.69) is 4.98 Å². The molecule has 0 bridgehead atoms. The molecule has 0 aliphatic carbocycles. The van der Waals surface area contributed by atoms with E-state index in [-0.39, 0.29) is 11.7 Å². The van der Waals surface area contributed by atoms with E-state index in [0.29, 0.717) is 30.9 Å². The van der Waals surface area contributed by atoms with E-state index >= 15 is 0 Å². The molecule has 5 nitrogen and oxygen atoms in total. The van der Waals surface area contributed by atoms with Crippen LogP contribution in [0.5, 0.6) is 11.5 Å². The number of para-hydroxylation sites is 1. The van der Waals surface area contributed by atoms with Crippen LogP contribution in [-0.2, 0) is 9.53 Å². The average Bonchev–Trinajstić information content (AvgIpc) is 2.52. The Morgan fingerprint density at radius 3 is 2.91 bits per heavy atom. The van der Waals surface area contributed by atoms with Crippen LogP contribution in [-0.4, -0.2) is 29.3 Å². The summed E-state index contributed by atoms with van der Waals surface area (Å²) in [5.41, 5.74) is 0.544. The number of hydrogen-bond donors (Lipinski definition) is 1. The summed E-state index contributed by atoms with van der Waals surface area (Å²) in [5, 5.41) is 10.6. The van der Waals surface area contributed by atoms with Crippen LogP contribution in [0.3, 0.4) is 0 Å². The Morgan fingerprint density at radius 2 is 2.09 bits per heavy atom. The predicted molar refractivity (Wildman–Crippen MR) is 84.0 cm³/mol. The minimum Gasteiger partial charge on any atom is -0.506 e. The second kappa shape index (κ2) is 8.22. The van der Waals surface area contributed by atoms with Gasteiger partial charge in [-0.25, -0.2) is 0 Å². The number of unbranched alkanes of at least 4 members (excludes halogenated alkanes) is 2. The molecular formula is C17H21NO4. The molecule has 0 aliphatic rings. The Labute approximate surface area is 129 Å². The van der Waals surface area contributed by atoms with E-state index in [1.54, 1.807) is 24.4 Å². The van der Waals surface area contributed by atoms with E-state index in [0.717, 1.165) is 24.6 Å². The number of pyridine rings is 1. The molecule has 118 valence electrons. The summed E-state index contributed by atoms with van der Waals surface area (Å²) in [6.45, 7) is 2.81. The zero-order chi connectivity index (χ0) is 15.8. The Kier molecular flexibility index (Phi) is 6.01. The van der Waals surface area contributed by atoms with Crippen molar-refractivity contribution in [3.05, 3.63) is 30.5 Å². The van der Waals surface area contributed by atoms with E-state index in [9.17, 15) is 9.90 Å². The summed E-state index contributed by atoms with van der Waals surface area (Å²) in [7, 11) is 0. The number of phenols is 1. The number of ether oxygens (including phenoxy) is 2. The van der Waals surface area contributed by atoms with Gasteiger partial charge in [0.15, 0.2) is 0 Å². The number of benzene rings is 1. The van der Waals surface area contributed by atoms with E-state index in [1.807, 2.05) is 13.0 Å². The first-order chi connectivity index (χ1) is 10.7. The van der Waals surface area contributed by atoms with Crippen molar-refractivity contribution in [3.63, 3.8) is 0 Å². The standard InChI is InChI=1S/C17H21NO4/c1-2-21-16(20)9-4-3-5-12-22-15-10-11-18-17-13(15)7-6-8-14(17)19/h6-8,10-11,19H,2-5,9,12H2,1H3. The van der Waals surface area contributed by atoms with Gasteiger partial charge >= 0.3 is 5.97 Å². The third kappa shape index (κ3) is 4.35. The number of nitrogens with zero attached hydrogens (tertiary/aromatic N) is 1. The summed E-state index contributed by atoms with van der Waals surface area (Å²) in [6.07, 6.45) is 4.66. The number of aromatic nitrogens is 1. The maximum absolute atomic E-state index is 11.2. The average molecular weight is 303 g/mol. The van der Waals surface area contributed by atoms with Crippen molar-refractivity contribution in [1.29, 1.82) is 0 Å². The van der Waals surface area contributed by atoms with Gasteiger partial charge in [-0.05, 0) is 44.4 Å². The molecule has 0 fully saturated rings. The highest BCUT2D eigenvalue weighted by Crippen LogP contribution is 2.29. The molecule has 0 aliphatic heterocycles. The molecule has 1 aromatic carbocycles. The quantitative estimate of drug-likeness (QED) is 0.597. The van der Waals surface area contributed by atoms with Gasteiger partial charge in [0.1, 0.15) is 17.0 Å². The molecule has 0 saturated heterocycles. The second-order valence-corrected chi connectivity index (χ2v) is 4.95. The fourth-order valence-electron chi connectivity index (χ4n) is 2.22. The van der Waals surface area contributed by atoms with Gasteiger partial charge in [0.2, 0.25) is 0 Å². The third-order valence-corrected chi connectivity index (χ3v) is 3.30. The minimum atomic E-state index is -0.140. The number of rotatable bonds is 8. The van der Waals surface area contributed by atoms with Crippen LogP contribution in [0, 0.1) is 0 Å². The lowest BCUT2D eigenvalue weighted by Gasteiger charge is -2.09. The van der Waals surface area contributed by atoms with E-state index < -0.39 is 0 Å². The summed E-state index contributed by atoms with van der Waals surface area (Å²) >= 11 is 0. The maximum Gasteiger partial charge on any atom is 0.305 e. The smallest absolute Gasteiger partial charge is 0.305 e. The van der Waals surface area contributed by atoms with Crippen molar-refractivity contribution < 1.29 is 19.4 Å². The number of hydrogen-bond acceptors (Lipinski definition) is 5. The minimum absolute atomic E-state index is 0.140. The third-order valence-electron chi connectivity index (χ3n) is 3.30. The van der Waals surface area contributed by atoms with Gasteiger partial charge < -0.3 is 14.6 Å². The molecule has 0 radical (unpaired) electrons. The molecule has 1 heterocycles. The highest BCUT2D eigenvalue weighted by molar-refractivity contribution is 5.89. The molecule has 0 amide bonds. The summed E-state index contributed by atoms with van der Waals surface area (Å²) in [5.74, 6) is 0.725. The molecule has 0 atom stereocenters. The van der Waals surface area contributed by atoms with E-state index in [4.69, 9.17) is 9.47 Å². The molecular weight excluding hydrogens is 282 g/mol. The van der Waals surface area contributed by atoms with Crippen LogP contribution in [0.4, 0.5) is 0 Å². The first-order valence-corrected chi connectivity index (χ1v) is 7.57. The summed E-state index contributed by atoms with van der Waals surface area (Å²) in [4.78, 5) is 15.3. The zero-order valence-corrected chi connectivity index (χ0v) is 12.7. The zero-order valence-electron chi connectivity index (χ0n) is 12.7.